The summed E-state index contributed by atoms with van der Waals surface area (Å²) in [5, 5.41) is 13.1. The Morgan fingerprint density at radius 2 is 2.10 bits per heavy atom. The molecule has 0 fully saturated rings. The molecule has 0 amide bonds. The number of esters is 1. The number of benzene rings is 1. The molecule has 1 aromatic carbocycles. The molecule has 2 aromatic rings. The first-order valence-corrected chi connectivity index (χ1v) is 6.32. The van der Waals surface area contributed by atoms with Crippen molar-refractivity contribution in [1.29, 1.82) is 5.26 Å². The molecule has 0 radical (unpaired) electrons. The van der Waals surface area contributed by atoms with E-state index in [1.165, 1.54) is 6.92 Å². The Kier molecular flexibility index (Phi) is 4.19. The zero-order valence-electron chi connectivity index (χ0n) is 11.8. The fourth-order valence-electron chi connectivity index (χ4n) is 2.02. The quantitative estimate of drug-likeness (QED) is 0.635. The SMILES string of the molecule is C=C(C#N)C(OC(C)=O)c1c(-c2ccccc2)noc1C. The molecule has 1 aromatic heterocycles. The summed E-state index contributed by atoms with van der Waals surface area (Å²) >= 11 is 0. The van der Waals surface area contributed by atoms with Gasteiger partial charge in [0.25, 0.3) is 0 Å². The molecular weight excluding hydrogens is 268 g/mol. The minimum atomic E-state index is -0.894. The van der Waals surface area contributed by atoms with E-state index in [0.29, 0.717) is 17.0 Å². The van der Waals surface area contributed by atoms with Crippen molar-refractivity contribution in [3.8, 4) is 17.3 Å². The molecule has 0 N–H and O–H groups in total. The van der Waals surface area contributed by atoms with Crippen LogP contribution in [-0.4, -0.2) is 11.1 Å². The van der Waals surface area contributed by atoms with Crippen LogP contribution in [0.15, 0.2) is 47.0 Å². The van der Waals surface area contributed by atoms with E-state index >= 15 is 0 Å². The number of aryl methyl sites for hydroxylation is 1. The van der Waals surface area contributed by atoms with Gasteiger partial charge in [-0.25, -0.2) is 0 Å². The third kappa shape index (κ3) is 3.00. The number of carbonyl (C=O) groups excluding carboxylic acids is 1. The number of nitriles is 1. The number of hydrogen-bond acceptors (Lipinski definition) is 5. The highest BCUT2D eigenvalue weighted by Gasteiger charge is 2.28. The van der Waals surface area contributed by atoms with Crippen LogP contribution in [0.3, 0.4) is 0 Å². The molecule has 0 aliphatic heterocycles. The molecule has 1 heterocycles. The lowest BCUT2D eigenvalue weighted by Gasteiger charge is -2.16. The van der Waals surface area contributed by atoms with Crippen LogP contribution >= 0.6 is 0 Å². The molecule has 1 unspecified atom stereocenters. The number of hydrogen-bond donors (Lipinski definition) is 0. The predicted molar refractivity (Wildman–Crippen MR) is 75.9 cm³/mol. The van der Waals surface area contributed by atoms with Crippen molar-refractivity contribution in [1.82, 2.24) is 5.16 Å². The Hall–Kier alpha value is -2.87. The summed E-state index contributed by atoms with van der Waals surface area (Å²) in [6.07, 6.45) is -0.894. The summed E-state index contributed by atoms with van der Waals surface area (Å²) in [5.41, 5.74) is 2.01. The van der Waals surface area contributed by atoms with Crippen LogP contribution in [-0.2, 0) is 9.53 Å². The molecule has 106 valence electrons. The molecule has 0 aliphatic rings. The summed E-state index contributed by atoms with van der Waals surface area (Å²) in [7, 11) is 0. The number of rotatable bonds is 4. The largest absolute Gasteiger partial charge is 0.452 e. The molecule has 0 aliphatic carbocycles. The van der Waals surface area contributed by atoms with Crippen LogP contribution in [0.2, 0.25) is 0 Å². The van der Waals surface area contributed by atoms with Crippen molar-refractivity contribution in [2.75, 3.05) is 0 Å². The van der Waals surface area contributed by atoms with Gasteiger partial charge in [-0.2, -0.15) is 5.26 Å². The monoisotopic (exact) mass is 282 g/mol. The summed E-state index contributed by atoms with van der Waals surface area (Å²) in [6, 6.07) is 11.3. The van der Waals surface area contributed by atoms with Crippen LogP contribution in [0.5, 0.6) is 0 Å². The standard InChI is InChI=1S/C16H14N2O3/c1-10(9-17)16(20-12(3)19)14-11(2)21-18-15(14)13-7-5-4-6-8-13/h4-8,16H,1H2,2-3H3. The fraction of sp³-hybridized carbons (Fsp3) is 0.188. The summed E-state index contributed by atoms with van der Waals surface area (Å²) < 4.78 is 10.4. The van der Waals surface area contributed by atoms with E-state index in [0.717, 1.165) is 5.56 Å². The number of aromatic nitrogens is 1. The van der Waals surface area contributed by atoms with Gasteiger partial charge in [0.15, 0.2) is 6.10 Å². The minimum absolute atomic E-state index is 0.119. The number of ether oxygens (including phenoxy) is 1. The highest BCUT2D eigenvalue weighted by Crippen LogP contribution is 2.35. The molecule has 1 atom stereocenters. The normalized spacial score (nSPS) is 11.5. The topological polar surface area (TPSA) is 76.1 Å². The third-order valence-electron chi connectivity index (χ3n) is 2.96. The van der Waals surface area contributed by atoms with Crippen molar-refractivity contribution in [3.63, 3.8) is 0 Å². The van der Waals surface area contributed by atoms with E-state index < -0.39 is 12.1 Å². The van der Waals surface area contributed by atoms with Crippen LogP contribution in [0.25, 0.3) is 11.3 Å². The van der Waals surface area contributed by atoms with Gasteiger partial charge in [-0.3, -0.25) is 4.79 Å². The van der Waals surface area contributed by atoms with E-state index in [1.54, 1.807) is 6.92 Å². The average Bonchev–Trinajstić information content (AvgIpc) is 2.86. The molecule has 0 spiro atoms. The second kappa shape index (κ2) is 6.06. The van der Waals surface area contributed by atoms with Crippen LogP contribution in [0, 0.1) is 18.3 Å². The van der Waals surface area contributed by atoms with E-state index in [-0.39, 0.29) is 5.57 Å². The number of carbonyl (C=O) groups is 1. The molecule has 21 heavy (non-hydrogen) atoms. The van der Waals surface area contributed by atoms with Crippen molar-refractivity contribution in [3.05, 3.63) is 53.8 Å². The average molecular weight is 282 g/mol. The first kappa shape index (κ1) is 14.5. The minimum Gasteiger partial charge on any atom is -0.452 e. The molecule has 0 saturated carbocycles. The fourth-order valence-corrected chi connectivity index (χ4v) is 2.02. The highest BCUT2D eigenvalue weighted by molar-refractivity contribution is 5.69. The number of nitrogens with zero attached hydrogens (tertiary/aromatic N) is 2. The van der Waals surface area contributed by atoms with Crippen LogP contribution < -0.4 is 0 Å². The van der Waals surface area contributed by atoms with Gasteiger partial charge < -0.3 is 9.26 Å². The summed E-state index contributed by atoms with van der Waals surface area (Å²) in [5.74, 6) is -0.0208. The Morgan fingerprint density at radius 1 is 1.43 bits per heavy atom. The summed E-state index contributed by atoms with van der Waals surface area (Å²) in [4.78, 5) is 11.3. The van der Waals surface area contributed by atoms with Crippen molar-refractivity contribution >= 4 is 5.97 Å². The van der Waals surface area contributed by atoms with Gasteiger partial charge in [0.1, 0.15) is 11.5 Å². The van der Waals surface area contributed by atoms with Gasteiger partial charge in [-0.1, -0.05) is 42.1 Å². The second-order valence-electron chi connectivity index (χ2n) is 4.49. The van der Waals surface area contributed by atoms with Crippen molar-refractivity contribution in [2.24, 2.45) is 0 Å². The maximum absolute atomic E-state index is 11.3. The van der Waals surface area contributed by atoms with Gasteiger partial charge >= 0.3 is 5.97 Å². The molecular formula is C16H14N2O3. The van der Waals surface area contributed by atoms with Gasteiger partial charge in [0, 0.05) is 12.5 Å². The Balaban J connectivity index is 2.56. The van der Waals surface area contributed by atoms with Crippen molar-refractivity contribution in [2.45, 2.75) is 20.0 Å². The van der Waals surface area contributed by atoms with Gasteiger partial charge in [0.2, 0.25) is 0 Å². The summed E-state index contributed by atoms with van der Waals surface area (Å²) in [6.45, 7) is 6.64. The van der Waals surface area contributed by atoms with Gasteiger partial charge in [0.05, 0.1) is 17.2 Å². The van der Waals surface area contributed by atoms with Crippen LogP contribution in [0.4, 0.5) is 0 Å². The molecule has 5 heteroatoms. The highest BCUT2D eigenvalue weighted by atomic mass is 16.5. The van der Waals surface area contributed by atoms with E-state index in [4.69, 9.17) is 14.5 Å². The smallest absolute Gasteiger partial charge is 0.303 e. The Labute approximate surface area is 122 Å². The predicted octanol–water partition coefficient (Wildman–Crippen LogP) is 3.33. The first-order chi connectivity index (χ1) is 10.0. The van der Waals surface area contributed by atoms with E-state index in [1.807, 2.05) is 36.4 Å². The Bertz CT molecular complexity index is 711. The lowest BCUT2D eigenvalue weighted by atomic mass is 9.98. The van der Waals surface area contributed by atoms with Crippen LogP contribution in [0.1, 0.15) is 24.4 Å². The zero-order valence-corrected chi connectivity index (χ0v) is 11.8. The Morgan fingerprint density at radius 3 is 2.67 bits per heavy atom. The van der Waals surface area contributed by atoms with Gasteiger partial charge in [-0.15, -0.1) is 0 Å². The van der Waals surface area contributed by atoms with E-state index in [9.17, 15) is 4.79 Å². The van der Waals surface area contributed by atoms with E-state index in [2.05, 4.69) is 11.7 Å². The molecule has 0 bridgehead atoms. The maximum atomic E-state index is 11.3. The lowest BCUT2D eigenvalue weighted by Crippen LogP contribution is -2.11. The maximum Gasteiger partial charge on any atom is 0.303 e. The molecule has 2 rings (SSSR count). The first-order valence-electron chi connectivity index (χ1n) is 6.32. The zero-order chi connectivity index (χ0) is 15.4. The van der Waals surface area contributed by atoms with Gasteiger partial charge in [-0.05, 0) is 6.92 Å². The van der Waals surface area contributed by atoms with Crippen molar-refractivity contribution < 1.29 is 14.1 Å². The molecule has 5 nitrogen and oxygen atoms in total. The third-order valence-corrected chi connectivity index (χ3v) is 2.96. The second-order valence-corrected chi connectivity index (χ2v) is 4.49. The molecule has 0 saturated heterocycles. The lowest BCUT2D eigenvalue weighted by molar-refractivity contribution is -0.144.